The maximum absolute atomic E-state index is 5.30. The molecule has 1 saturated carbocycles. The minimum atomic E-state index is 0.507. The van der Waals surface area contributed by atoms with E-state index in [9.17, 15) is 0 Å². The molecule has 3 aromatic rings. The normalized spacial score (nSPS) is 23.3. The third-order valence-electron chi connectivity index (χ3n) is 5.65. The minimum Gasteiger partial charge on any atom is -0.497 e. The van der Waals surface area contributed by atoms with Gasteiger partial charge in [0.05, 0.1) is 24.7 Å². The second-order valence-corrected chi connectivity index (χ2v) is 8.31. The van der Waals surface area contributed by atoms with Gasteiger partial charge in [-0.3, -0.25) is 4.98 Å². The van der Waals surface area contributed by atoms with Crippen molar-refractivity contribution >= 4 is 23.2 Å². The molecule has 2 bridgehead atoms. The molecule has 2 aromatic heterocycles. The second kappa shape index (κ2) is 7.79. The molecule has 5 nitrogen and oxygen atoms in total. The van der Waals surface area contributed by atoms with Gasteiger partial charge in [0.25, 0.3) is 0 Å². The molecule has 6 heteroatoms. The number of fused-ring (bicyclic) bond motifs is 2. The first-order chi connectivity index (χ1) is 14.3. The van der Waals surface area contributed by atoms with Gasteiger partial charge in [0, 0.05) is 29.3 Å². The van der Waals surface area contributed by atoms with Gasteiger partial charge in [-0.1, -0.05) is 12.2 Å². The average molecular weight is 403 g/mol. The van der Waals surface area contributed by atoms with Crippen molar-refractivity contribution in [2.75, 3.05) is 7.11 Å². The summed E-state index contributed by atoms with van der Waals surface area (Å²) in [6, 6.07) is 11.9. The first-order valence-electron chi connectivity index (χ1n) is 9.82. The van der Waals surface area contributed by atoms with Crippen molar-refractivity contribution in [2.45, 2.75) is 12.8 Å². The molecule has 1 fully saturated rings. The SMILES string of the molecule is COc1ccc(-c2csc(=Nc3cccnc3)n2N=CC2CC3C=CC2C3)cc1. The Bertz CT molecular complexity index is 1110. The molecule has 5 rings (SSSR count). The number of thiazole rings is 1. The Morgan fingerprint density at radius 2 is 2.07 bits per heavy atom. The summed E-state index contributed by atoms with van der Waals surface area (Å²) in [4.78, 5) is 9.78. The first kappa shape index (κ1) is 18.1. The predicted molar refractivity (Wildman–Crippen MR) is 116 cm³/mol. The second-order valence-electron chi connectivity index (χ2n) is 7.48. The quantitative estimate of drug-likeness (QED) is 0.450. The summed E-state index contributed by atoms with van der Waals surface area (Å²) >= 11 is 1.58. The van der Waals surface area contributed by atoms with Crippen molar-refractivity contribution in [3.8, 4) is 17.0 Å². The van der Waals surface area contributed by atoms with E-state index in [1.165, 1.54) is 12.8 Å². The lowest BCUT2D eigenvalue weighted by Crippen LogP contribution is -2.15. The van der Waals surface area contributed by atoms with Crippen molar-refractivity contribution in [3.05, 3.63) is 71.1 Å². The molecule has 1 aromatic carbocycles. The van der Waals surface area contributed by atoms with Gasteiger partial charge in [0.2, 0.25) is 4.80 Å². The maximum atomic E-state index is 5.30. The summed E-state index contributed by atoms with van der Waals surface area (Å²) < 4.78 is 7.25. The van der Waals surface area contributed by atoms with Crippen LogP contribution in [-0.2, 0) is 0 Å². The van der Waals surface area contributed by atoms with Gasteiger partial charge in [0.15, 0.2) is 0 Å². The van der Waals surface area contributed by atoms with Gasteiger partial charge >= 0.3 is 0 Å². The number of methoxy groups -OCH3 is 1. The Morgan fingerprint density at radius 3 is 2.76 bits per heavy atom. The Morgan fingerprint density at radius 1 is 1.17 bits per heavy atom. The third-order valence-corrected chi connectivity index (χ3v) is 6.46. The van der Waals surface area contributed by atoms with Crippen LogP contribution >= 0.6 is 11.3 Å². The molecule has 0 radical (unpaired) electrons. The fraction of sp³-hybridized carbons (Fsp3) is 0.261. The molecule has 3 atom stereocenters. The van der Waals surface area contributed by atoms with Crippen molar-refractivity contribution in [2.24, 2.45) is 27.8 Å². The molecule has 0 amide bonds. The molecule has 0 N–H and O–H groups in total. The van der Waals surface area contributed by atoms with Crippen LogP contribution in [0.25, 0.3) is 11.3 Å². The summed E-state index contributed by atoms with van der Waals surface area (Å²) in [6.45, 7) is 0. The van der Waals surface area contributed by atoms with Gasteiger partial charge in [-0.25, -0.2) is 9.67 Å². The lowest BCUT2D eigenvalue weighted by atomic mass is 9.95. The number of rotatable bonds is 5. The van der Waals surface area contributed by atoms with E-state index in [1.807, 2.05) is 28.9 Å². The van der Waals surface area contributed by atoms with Crippen molar-refractivity contribution < 1.29 is 4.74 Å². The number of nitrogens with zero attached hydrogens (tertiary/aromatic N) is 4. The minimum absolute atomic E-state index is 0.507. The van der Waals surface area contributed by atoms with E-state index >= 15 is 0 Å². The van der Waals surface area contributed by atoms with E-state index in [1.54, 1.807) is 30.8 Å². The molecule has 2 aliphatic carbocycles. The Balaban J connectivity index is 1.56. The highest BCUT2D eigenvalue weighted by Crippen LogP contribution is 2.42. The monoisotopic (exact) mass is 402 g/mol. The zero-order chi connectivity index (χ0) is 19.6. The average Bonchev–Trinajstić information content (AvgIpc) is 3.49. The van der Waals surface area contributed by atoms with Crippen molar-refractivity contribution in [1.29, 1.82) is 0 Å². The third kappa shape index (κ3) is 3.68. The van der Waals surface area contributed by atoms with E-state index in [0.29, 0.717) is 11.8 Å². The van der Waals surface area contributed by atoms with Gasteiger partial charge in [-0.15, -0.1) is 11.3 Å². The molecule has 146 valence electrons. The molecule has 2 heterocycles. The number of benzene rings is 1. The molecule has 29 heavy (non-hydrogen) atoms. The van der Waals surface area contributed by atoms with Crippen LogP contribution in [0.15, 0.2) is 76.4 Å². The summed E-state index contributed by atoms with van der Waals surface area (Å²) in [7, 11) is 1.68. The molecule has 0 aliphatic heterocycles. The smallest absolute Gasteiger partial charge is 0.211 e. The van der Waals surface area contributed by atoms with Crippen molar-refractivity contribution in [3.63, 3.8) is 0 Å². The van der Waals surface area contributed by atoms with Crippen LogP contribution < -0.4 is 9.54 Å². The summed E-state index contributed by atoms with van der Waals surface area (Å²) in [6.07, 6.45) is 12.8. The van der Waals surface area contributed by atoms with E-state index < -0.39 is 0 Å². The molecule has 0 saturated heterocycles. The standard InChI is InChI=1S/C23H22N4OS/c1-28-21-8-6-17(7-9-21)22-15-29-23(26-20-3-2-10-24-14-20)27(22)25-13-19-12-16-4-5-18(19)11-16/h2-10,13-16,18-19H,11-12H2,1H3. The number of allylic oxidation sites excluding steroid dienone is 2. The summed E-state index contributed by atoms with van der Waals surface area (Å²) in [5, 5.41) is 7.01. The topological polar surface area (TPSA) is 51.8 Å². The predicted octanol–water partition coefficient (Wildman–Crippen LogP) is 4.90. The Hall–Kier alpha value is -2.99. The fourth-order valence-electron chi connectivity index (χ4n) is 4.13. The summed E-state index contributed by atoms with van der Waals surface area (Å²) in [5.41, 5.74) is 2.93. The highest BCUT2D eigenvalue weighted by Gasteiger charge is 2.34. The zero-order valence-corrected chi connectivity index (χ0v) is 17.0. The number of pyridine rings is 1. The van der Waals surface area contributed by atoms with E-state index in [0.717, 1.165) is 33.4 Å². The van der Waals surface area contributed by atoms with E-state index in [2.05, 4.69) is 40.9 Å². The zero-order valence-electron chi connectivity index (χ0n) is 16.2. The van der Waals surface area contributed by atoms with Crippen LogP contribution in [-0.4, -0.2) is 23.0 Å². The molecule has 0 spiro atoms. The van der Waals surface area contributed by atoms with Crippen LogP contribution in [0.1, 0.15) is 12.8 Å². The maximum Gasteiger partial charge on any atom is 0.211 e. The van der Waals surface area contributed by atoms with Gasteiger partial charge in [-0.2, -0.15) is 5.10 Å². The molecular weight excluding hydrogens is 380 g/mol. The largest absolute Gasteiger partial charge is 0.497 e. The number of hydrogen-bond donors (Lipinski definition) is 0. The van der Waals surface area contributed by atoms with Crippen LogP contribution in [0.3, 0.4) is 0 Å². The molecular formula is C23H22N4OS. The van der Waals surface area contributed by atoms with Gasteiger partial charge in [0.1, 0.15) is 5.75 Å². The van der Waals surface area contributed by atoms with Crippen molar-refractivity contribution in [1.82, 2.24) is 9.66 Å². The van der Waals surface area contributed by atoms with E-state index in [4.69, 9.17) is 14.8 Å². The number of ether oxygens (including phenoxy) is 1. The Kier molecular flexibility index (Phi) is 4.86. The lowest BCUT2D eigenvalue weighted by molar-refractivity contribution is 0.415. The van der Waals surface area contributed by atoms with Crippen LogP contribution in [0, 0.1) is 17.8 Å². The van der Waals surface area contributed by atoms with E-state index in [-0.39, 0.29) is 0 Å². The Labute approximate surface area is 173 Å². The number of hydrogen-bond acceptors (Lipinski definition) is 5. The lowest BCUT2D eigenvalue weighted by Gasteiger charge is -2.12. The highest BCUT2D eigenvalue weighted by atomic mass is 32.1. The van der Waals surface area contributed by atoms with Crippen LogP contribution in [0.4, 0.5) is 5.69 Å². The van der Waals surface area contributed by atoms with Gasteiger partial charge < -0.3 is 4.74 Å². The number of aromatic nitrogens is 2. The fourth-order valence-corrected chi connectivity index (χ4v) is 4.98. The summed E-state index contributed by atoms with van der Waals surface area (Å²) in [5.74, 6) is 2.70. The highest BCUT2D eigenvalue weighted by molar-refractivity contribution is 7.07. The molecule has 2 aliphatic rings. The van der Waals surface area contributed by atoms with Crippen LogP contribution in [0.5, 0.6) is 5.75 Å². The van der Waals surface area contributed by atoms with Crippen LogP contribution in [0.2, 0.25) is 0 Å². The van der Waals surface area contributed by atoms with Gasteiger partial charge in [-0.05, 0) is 61.1 Å². The first-order valence-corrected chi connectivity index (χ1v) is 10.7. The molecule has 3 unspecified atom stereocenters.